The molecule has 1 aromatic carbocycles. The fourth-order valence-electron chi connectivity index (χ4n) is 1.29. The Morgan fingerprint density at radius 1 is 1.00 bits per heavy atom. The molecule has 5 heteroatoms. The van der Waals surface area contributed by atoms with Crippen LogP contribution in [0.3, 0.4) is 0 Å². The van der Waals surface area contributed by atoms with Crippen LogP contribution in [-0.2, 0) is 0 Å². The molecule has 2 aromatic rings. The lowest BCUT2D eigenvalue weighted by atomic mass is 10.1. The highest BCUT2D eigenvalue weighted by molar-refractivity contribution is 5.60. The van der Waals surface area contributed by atoms with Gasteiger partial charge in [-0.15, -0.1) is 20.4 Å². The number of hydrogen-bond acceptors (Lipinski definition) is 5. The van der Waals surface area contributed by atoms with Crippen LogP contribution in [0.4, 0.5) is 0 Å². The van der Waals surface area contributed by atoms with Crippen molar-refractivity contribution in [2.75, 3.05) is 0 Å². The minimum absolute atomic E-state index is 0.226. The first kappa shape index (κ1) is 9.51. The van der Waals surface area contributed by atoms with Gasteiger partial charge in [0.2, 0.25) is 5.82 Å². The summed E-state index contributed by atoms with van der Waals surface area (Å²) in [6.07, 6.45) is 0. The molecular formula is C10H10N4O. The topological polar surface area (TPSA) is 71.8 Å². The van der Waals surface area contributed by atoms with Gasteiger partial charge in [0.1, 0.15) is 5.75 Å². The van der Waals surface area contributed by atoms with Crippen LogP contribution in [0.1, 0.15) is 11.4 Å². The summed E-state index contributed by atoms with van der Waals surface area (Å²) in [7, 11) is 0. The first-order chi connectivity index (χ1) is 7.16. The fourth-order valence-corrected chi connectivity index (χ4v) is 1.29. The van der Waals surface area contributed by atoms with Gasteiger partial charge in [-0.05, 0) is 37.6 Å². The number of rotatable bonds is 1. The summed E-state index contributed by atoms with van der Waals surface area (Å²) in [5.41, 5.74) is 1.72. The second kappa shape index (κ2) is 3.61. The summed E-state index contributed by atoms with van der Waals surface area (Å²) < 4.78 is 0. The van der Waals surface area contributed by atoms with Crippen LogP contribution < -0.4 is 0 Å². The van der Waals surface area contributed by atoms with Crippen molar-refractivity contribution in [1.29, 1.82) is 0 Å². The Morgan fingerprint density at radius 3 is 2.27 bits per heavy atom. The second-order valence-corrected chi connectivity index (χ2v) is 3.27. The lowest BCUT2D eigenvalue weighted by Gasteiger charge is -2.03. The van der Waals surface area contributed by atoms with E-state index in [9.17, 15) is 5.11 Å². The third-order valence-electron chi connectivity index (χ3n) is 2.03. The first-order valence-corrected chi connectivity index (χ1v) is 4.51. The van der Waals surface area contributed by atoms with E-state index in [1.807, 2.05) is 6.92 Å². The normalized spacial score (nSPS) is 10.3. The van der Waals surface area contributed by atoms with Crippen molar-refractivity contribution >= 4 is 0 Å². The Morgan fingerprint density at radius 2 is 1.67 bits per heavy atom. The van der Waals surface area contributed by atoms with Crippen molar-refractivity contribution in [1.82, 2.24) is 20.4 Å². The Labute approximate surface area is 86.8 Å². The van der Waals surface area contributed by atoms with Gasteiger partial charge < -0.3 is 5.11 Å². The number of hydrogen-bond donors (Lipinski definition) is 1. The maximum Gasteiger partial charge on any atom is 0.203 e. The van der Waals surface area contributed by atoms with E-state index in [0.29, 0.717) is 11.6 Å². The van der Waals surface area contributed by atoms with E-state index < -0.39 is 0 Å². The molecule has 0 aliphatic rings. The zero-order valence-corrected chi connectivity index (χ0v) is 8.47. The molecule has 1 N–H and O–H groups in total. The van der Waals surface area contributed by atoms with Crippen molar-refractivity contribution in [2.45, 2.75) is 13.8 Å². The molecule has 0 unspecified atom stereocenters. The van der Waals surface area contributed by atoms with Gasteiger partial charge in [-0.2, -0.15) is 0 Å². The van der Waals surface area contributed by atoms with Gasteiger partial charge >= 0.3 is 0 Å². The van der Waals surface area contributed by atoms with Gasteiger partial charge in [0.25, 0.3) is 0 Å². The van der Waals surface area contributed by atoms with Gasteiger partial charge in [-0.1, -0.05) is 0 Å². The molecule has 1 heterocycles. The highest BCUT2D eigenvalue weighted by atomic mass is 16.3. The molecule has 0 fully saturated rings. The molecule has 0 saturated carbocycles. The summed E-state index contributed by atoms with van der Waals surface area (Å²) in [4.78, 5) is 0. The molecular weight excluding hydrogens is 192 g/mol. The summed E-state index contributed by atoms with van der Waals surface area (Å²) in [5.74, 6) is 1.23. The second-order valence-electron chi connectivity index (χ2n) is 3.27. The summed E-state index contributed by atoms with van der Waals surface area (Å²) >= 11 is 0. The number of aromatic hydroxyl groups is 1. The lowest BCUT2D eigenvalue weighted by molar-refractivity contribution is 0.475. The van der Waals surface area contributed by atoms with Crippen LogP contribution in [0.25, 0.3) is 11.4 Å². The summed E-state index contributed by atoms with van der Waals surface area (Å²) in [6.45, 7) is 3.60. The molecule has 2 rings (SSSR count). The number of aryl methyl sites for hydroxylation is 2. The summed E-state index contributed by atoms with van der Waals surface area (Å²) in [6, 6.07) is 4.99. The largest absolute Gasteiger partial charge is 0.508 e. The van der Waals surface area contributed by atoms with Crippen molar-refractivity contribution in [3.63, 3.8) is 0 Å². The number of aromatic nitrogens is 4. The van der Waals surface area contributed by atoms with Crippen LogP contribution in [0.5, 0.6) is 5.75 Å². The Bertz CT molecular complexity index is 481. The number of phenols is 1. The predicted octanol–water partition coefficient (Wildman–Crippen LogP) is 1.26. The monoisotopic (exact) mass is 202 g/mol. The quantitative estimate of drug-likeness (QED) is 0.753. The maximum absolute atomic E-state index is 9.26. The molecule has 0 bridgehead atoms. The van der Waals surface area contributed by atoms with Crippen LogP contribution >= 0.6 is 0 Å². The summed E-state index contributed by atoms with van der Waals surface area (Å²) in [5, 5.41) is 24.8. The van der Waals surface area contributed by atoms with Gasteiger partial charge in [0.15, 0.2) is 5.82 Å². The molecule has 0 spiro atoms. The van der Waals surface area contributed by atoms with E-state index in [2.05, 4.69) is 20.4 Å². The number of phenolic OH excluding ortho intramolecular Hbond substituents is 1. The first-order valence-electron chi connectivity index (χ1n) is 4.51. The average Bonchev–Trinajstić information content (AvgIpc) is 2.20. The van der Waals surface area contributed by atoms with Crippen LogP contribution in [-0.4, -0.2) is 25.5 Å². The van der Waals surface area contributed by atoms with Crippen LogP contribution in [0, 0.1) is 13.8 Å². The smallest absolute Gasteiger partial charge is 0.203 e. The molecule has 0 aliphatic carbocycles. The van der Waals surface area contributed by atoms with E-state index in [-0.39, 0.29) is 5.75 Å². The Balaban J connectivity index is 2.49. The van der Waals surface area contributed by atoms with Gasteiger partial charge in [-0.25, -0.2) is 0 Å². The molecule has 0 amide bonds. The average molecular weight is 202 g/mol. The van der Waals surface area contributed by atoms with Crippen molar-refractivity contribution in [2.24, 2.45) is 0 Å². The van der Waals surface area contributed by atoms with E-state index in [1.165, 1.54) is 0 Å². The van der Waals surface area contributed by atoms with Crippen molar-refractivity contribution < 1.29 is 5.11 Å². The Kier molecular flexibility index (Phi) is 2.29. The van der Waals surface area contributed by atoms with E-state index in [4.69, 9.17) is 0 Å². The predicted molar refractivity (Wildman–Crippen MR) is 54.2 cm³/mol. The molecule has 5 nitrogen and oxygen atoms in total. The molecule has 0 atom stereocenters. The minimum atomic E-state index is 0.226. The number of benzene rings is 1. The highest BCUT2D eigenvalue weighted by Gasteiger charge is 2.06. The van der Waals surface area contributed by atoms with E-state index in [1.54, 1.807) is 25.1 Å². The molecule has 0 aliphatic heterocycles. The zero-order chi connectivity index (χ0) is 10.8. The highest BCUT2D eigenvalue weighted by Crippen LogP contribution is 2.22. The molecule has 15 heavy (non-hydrogen) atoms. The Hall–Kier alpha value is -2.04. The fraction of sp³-hybridized carbons (Fsp3) is 0.200. The molecule has 1 aromatic heterocycles. The van der Waals surface area contributed by atoms with Crippen LogP contribution in [0.15, 0.2) is 18.2 Å². The third kappa shape index (κ3) is 1.90. The standard InChI is InChI=1S/C10H10N4O/c1-6-5-8(15)3-4-9(6)10-13-11-7(2)12-14-10/h3-5,15H,1-2H3. The van der Waals surface area contributed by atoms with Gasteiger partial charge in [0, 0.05) is 5.56 Å². The zero-order valence-electron chi connectivity index (χ0n) is 8.47. The lowest BCUT2D eigenvalue weighted by Crippen LogP contribution is -1.99. The van der Waals surface area contributed by atoms with E-state index >= 15 is 0 Å². The van der Waals surface area contributed by atoms with Crippen molar-refractivity contribution in [3.8, 4) is 17.1 Å². The minimum Gasteiger partial charge on any atom is -0.508 e. The van der Waals surface area contributed by atoms with E-state index in [0.717, 1.165) is 11.1 Å². The number of nitrogens with zero attached hydrogens (tertiary/aromatic N) is 4. The van der Waals surface area contributed by atoms with Crippen LogP contribution in [0.2, 0.25) is 0 Å². The molecule has 76 valence electrons. The SMILES string of the molecule is Cc1nnc(-c2ccc(O)cc2C)nn1. The maximum atomic E-state index is 9.26. The van der Waals surface area contributed by atoms with Gasteiger partial charge in [0.05, 0.1) is 0 Å². The third-order valence-corrected chi connectivity index (χ3v) is 2.03. The molecule has 0 saturated heterocycles. The molecule has 0 radical (unpaired) electrons. The van der Waals surface area contributed by atoms with Gasteiger partial charge in [-0.3, -0.25) is 0 Å². The van der Waals surface area contributed by atoms with Crippen molar-refractivity contribution in [3.05, 3.63) is 29.6 Å².